The lowest BCUT2D eigenvalue weighted by atomic mass is 10.1. The van der Waals surface area contributed by atoms with Gasteiger partial charge in [-0.3, -0.25) is 4.40 Å². The third kappa shape index (κ3) is 2.72. The van der Waals surface area contributed by atoms with Gasteiger partial charge in [0.2, 0.25) is 0 Å². The van der Waals surface area contributed by atoms with Gasteiger partial charge in [0.05, 0.1) is 5.88 Å². The highest BCUT2D eigenvalue weighted by Crippen LogP contribution is 2.14. The van der Waals surface area contributed by atoms with E-state index in [1.165, 1.54) is 5.56 Å². The lowest BCUT2D eigenvalue weighted by molar-refractivity contribution is 0.934. The Kier molecular flexibility index (Phi) is 4.40. The number of rotatable bonds is 3. The number of aromatic nitrogens is 3. The van der Waals surface area contributed by atoms with Crippen molar-refractivity contribution in [3.05, 3.63) is 65.6 Å². The Balaban J connectivity index is 0.00000133. The molecular weight excluding hydrogens is 281 g/mol. The Hall–Kier alpha value is -1.58. The minimum atomic E-state index is 0. The van der Waals surface area contributed by atoms with Gasteiger partial charge in [-0.25, -0.2) is 0 Å². The molecule has 0 saturated heterocycles. The van der Waals surface area contributed by atoms with E-state index in [-0.39, 0.29) is 12.4 Å². The molecule has 2 heterocycles. The van der Waals surface area contributed by atoms with Gasteiger partial charge in [0.1, 0.15) is 5.82 Å². The van der Waals surface area contributed by atoms with Crippen molar-refractivity contribution in [2.75, 3.05) is 0 Å². The maximum atomic E-state index is 5.89. The molecule has 3 nitrogen and oxygen atoms in total. The molecule has 98 valence electrons. The third-order valence-electron chi connectivity index (χ3n) is 2.94. The van der Waals surface area contributed by atoms with E-state index in [1.807, 2.05) is 40.9 Å². The normalized spacial score (nSPS) is 10.4. The molecule has 5 heteroatoms. The molecular formula is C14H13Cl2N3. The van der Waals surface area contributed by atoms with Crippen LogP contribution in [0.5, 0.6) is 0 Å². The first kappa shape index (κ1) is 13.8. The van der Waals surface area contributed by atoms with Gasteiger partial charge < -0.3 is 0 Å². The van der Waals surface area contributed by atoms with Crippen molar-refractivity contribution in [3.63, 3.8) is 0 Å². The van der Waals surface area contributed by atoms with Crippen LogP contribution in [0.1, 0.15) is 17.0 Å². The van der Waals surface area contributed by atoms with E-state index in [0.717, 1.165) is 23.5 Å². The molecule has 0 saturated carbocycles. The molecule has 3 rings (SSSR count). The van der Waals surface area contributed by atoms with Crippen molar-refractivity contribution in [1.82, 2.24) is 14.6 Å². The predicted octanol–water partition coefficient (Wildman–Crippen LogP) is 3.48. The number of nitrogens with zero attached hydrogens (tertiary/aromatic N) is 3. The number of hydrogen-bond donors (Lipinski definition) is 0. The second-order valence-corrected chi connectivity index (χ2v) is 4.41. The molecule has 0 aliphatic rings. The molecule has 0 amide bonds. The minimum Gasteiger partial charge on any atom is -0.286 e. The highest BCUT2D eigenvalue weighted by Gasteiger charge is 2.08. The van der Waals surface area contributed by atoms with Crippen LogP contribution in [0.4, 0.5) is 0 Å². The molecule has 0 spiro atoms. The zero-order valence-electron chi connectivity index (χ0n) is 10.2. The van der Waals surface area contributed by atoms with Crippen LogP contribution in [-0.4, -0.2) is 14.6 Å². The summed E-state index contributed by atoms with van der Waals surface area (Å²) in [5.41, 5.74) is 3.08. The van der Waals surface area contributed by atoms with E-state index < -0.39 is 0 Å². The van der Waals surface area contributed by atoms with Crippen LogP contribution in [0.3, 0.4) is 0 Å². The molecule has 0 bridgehead atoms. The van der Waals surface area contributed by atoms with Gasteiger partial charge in [0.25, 0.3) is 0 Å². The molecule has 3 aromatic rings. The summed E-state index contributed by atoms with van der Waals surface area (Å²) < 4.78 is 2.00. The Morgan fingerprint density at radius 3 is 2.53 bits per heavy atom. The maximum absolute atomic E-state index is 5.89. The molecule has 0 aliphatic carbocycles. The van der Waals surface area contributed by atoms with Gasteiger partial charge in [0.15, 0.2) is 5.65 Å². The van der Waals surface area contributed by atoms with Crippen LogP contribution >= 0.6 is 24.0 Å². The van der Waals surface area contributed by atoms with E-state index in [2.05, 4.69) is 22.3 Å². The van der Waals surface area contributed by atoms with Crippen LogP contribution in [0, 0.1) is 0 Å². The molecule has 2 aromatic heterocycles. The highest BCUT2D eigenvalue weighted by molar-refractivity contribution is 6.17. The van der Waals surface area contributed by atoms with Gasteiger partial charge >= 0.3 is 0 Å². The Labute approximate surface area is 122 Å². The standard InChI is InChI=1S/C14H12ClN3.ClH/c15-10-12-7-4-8-18-13(16-17-14(12)18)9-11-5-2-1-3-6-11;/h1-8H,9-10H2;1H. The van der Waals surface area contributed by atoms with Gasteiger partial charge in [-0.15, -0.1) is 34.2 Å². The summed E-state index contributed by atoms with van der Waals surface area (Å²) in [6, 6.07) is 14.2. The fourth-order valence-corrected chi connectivity index (χ4v) is 2.23. The molecule has 0 radical (unpaired) electrons. The van der Waals surface area contributed by atoms with E-state index in [4.69, 9.17) is 11.6 Å². The number of alkyl halides is 1. The first-order chi connectivity index (χ1) is 8.88. The largest absolute Gasteiger partial charge is 0.286 e. The number of pyridine rings is 1. The average molecular weight is 294 g/mol. The van der Waals surface area contributed by atoms with Crippen molar-refractivity contribution < 1.29 is 0 Å². The van der Waals surface area contributed by atoms with Crippen molar-refractivity contribution in [2.24, 2.45) is 0 Å². The van der Waals surface area contributed by atoms with Crippen LogP contribution in [0.15, 0.2) is 48.7 Å². The zero-order valence-corrected chi connectivity index (χ0v) is 11.7. The average Bonchev–Trinajstić information content (AvgIpc) is 2.83. The number of hydrogen-bond acceptors (Lipinski definition) is 2. The summed E-state index contributed by atoms with van der Waals surface area (Å²) in [6.45, 7) is 0. The topological polar surface area (TPSA) is 30.2 Å². The van der Waals surface area contributed by atoms with Crippen LogP contribution in [0.2, 0.25) is 0 Å². The fourth-order valence-electron chi connectivity index (χ4n) is 2.02. The van der Waals surface area contributed by atoms with E-state index in [1.54, 1.807) is 0 Å². The van der Waals surface area contributed by atoms with Crippen molar-refractivity contribution in [2.45, 2.75) is 12.3 Å². The Morgan fingerprint density at radius 2 is 1.79 bits per heavy atom. The zero-order chi connectivity index (χ0) is 12.4. The monoisotopic (exact) mass is 293 g/mol. The van der Waals surface area contributed by atoms with Crippen LogP contribution < -0.4 is 0 Å². The van der Waals surface area contributed by atoms with Crippen LogP contribution in [-0.2, 0) is 12.3 Å². The molecule has 0 atom stereocenters. The van der Waals surface area contributed by atoms with Gasteiger partial charge in [0, 0.05) is 18.2 Å². The smallest absolute Gasteiger partial charge is 0.165 e. The number of fused-ring (bicyclic) bond motifs is 1. The molecule has 0 fully saturated rings. The SMILES string of the molecule is Cl.ClCc1cccn2c(Cc3ccccc3)nnc12. The summed E-state index contributed by atoms with van der Waals surface area (Å²) in [4.78, 5) is 0. The van der Waals surface area contributed by atoms with Crippen molar-refractivity contribution in [3.8, 4) is 0 Å². The van der Waals surface area contributed by atoms with Crippen LogP contribution in [0.25, 0.3) is 5.65 Å². The van der Waals surface area contributed by atoms with Gasteiger partial charge in [-0.1, -0.05) is 36.4 Å². The molecule has 1 aromatic carbocycles. The quantitative estimate of drug-likeness (QED) is 0.692. The first-order valence-corrected chi connectivity index (χ1v) is 6.33. The second-order valence-electron chi connectivity index (χ2n) is 4.14. The number of halogens is 2. The van der Waals surface area contributed by atoms with E-state index in [0.29, 0.717) is 5.88 Å². The summed E-state index contributed by atoms with van der Waals surface area (Å²) in [7, 11) is 0. The van der Waals surface area contributed by atoms with Crippen molar-refractivity contribution >= 4 is 29.7 Å². The summed E-state index contributed by atoms with van der Waals surface area (Å²) in [5.74, 6) is 1.39. The first-order valence-electron chi connectivity index (χ1n) is 5.80. The summed E-state index contributed by atoms with van der Waals surface area (Å²) in [5, 5.41) is 8.47. The van der Waals surface area contributed by atoms with Gasteiger partial charge in [-0.2, -0.15) is 0 Å². The lowest BCUT2D eigenvalue weighted by Gasteiger charge is -2.02. The van der Waals surface area contributed by atoms with E-state index in [9.17, 15) is 0 Å². The van der Waals surface area contributed by atoms with Gasteiger partial charge in [-0.05, 0) is 11.6 Å². The molecule has 0 aliphatic heterocycles. The van der Waals surface area contributed by atoms with E-state index >= 15 is 0 Å². The maximum Gasteiger partial charge on any atom is 0.165 e. The molecule has 0 unspecified atom stereocenters. The highest BCUT2D eigenvalue weighted by atomic mass is 35.5. The fraction of sp³-hybridized carbons (Fsp3) is 0.143. The second kappa shape index (κ2) is 6.04. The Morgan fingerprint density at radius 1 is 1.00 bits per heavy atom. The third-order valence-corrected chi connectivity index (χ3v) is 3.22. The summed E-state index contributed by atoms with van der Waals surface area (Å²) in [6.07, 6.45) is 2.75. The number of benzene rings is 1. The molecule has 0 N–H and O–H groups in total. The lowest BCUT2D eigenvalue weighted by Crippen LogP contribution is -1.97. The predicted molar refractivity (Wildman–Crippen MR) is 79.0 cm³/mol. The molecule has 19 heavy (non-hydrogen) atoms. The van der Waals surface area contributed by atoms with Crippen molar-refractivity contribution in [1.29, 1.82) is 0 Å². The summed E-state index contributed by atoms with van der Waals surface area (Å²) >= 11 is 5.89. The Bertz CT molecular complexity index is 665. The minimum absolute atomic E-state index is 0.